The normalized spacial score (nSPS) is 17.8. The Balaban J connectivity index is 1.88. The van der Waals surface area contributed by atoms with Crippen LogP contribution < -0.4 is 11.1 Å². The Morgan fingerprint density at radius 2 is 2.36 bits per heavy atom. The standard InChI is InChI=1S/C10H16N4/c1-7(4-8-2-3-8)14-10-5-9(11)12-6-13-10/h5-8H,2-4H2,1H3,(H3,11,12,13,14). The van der Waals surface area contributed by atoms with Crippen LogP contribution in [-0.2, 0) is 0 Å². The van der Waals surface area contributed by atoms with E-state index in [1.165, 1.54) is 25.6 Å². The molecule has 4 nitrogen and oxygen atoms in total. The largest absolute Gasteiger partial charge is 0.384 e. The summed E-state index contributed by atoms with van der Waals surface area (Å²) in [6, 6.07) is 2.24. The second-order valence-corrected chi connectivity index (χ2v) is 4.05. The van der Waals surface area contributed by atoms with Gasteiger partial charge in [0.15, 0.2) is 0 Å². The zero-order valence-electron chi connectivity index (χ0n) is 8.40. The van der Waals surface area contributed by atoms with Gasteiger partial charge in [-0.25, -0.2) is 9.97 Å². The summed E-state index contributed by atoms with van der Waals surface area (Å²) in [6.45, 7) is 2.18. The molecule has 0 aromatic carbocycles. The first-order chi connectivity index (χ1) is 6.74. The third-order valence-corrected chi connectivity index (χ3v) is 2.47. The number of nitrogens with zero attached hydrogens (tertiary/aromatic N) is 2. The van der Waals surface area contributed by atoms with Crippen molar-refractivity contribution in [2.24, 2.45) is 5.92 Å². The van der Waals surface area contributed by atoms with Gasteiger partial charge in [-0.3, -0.25) is 0 Å². The smallest absolute Gasteiger partial charge is 0.131 e. The van der Waals surface area contributed by atoms with Gasteiger partial charge in [-0.05, 0) is 19.3 Å². The van der Waals surface area contributed by atoms with Crippen LogP contribution in [-0.4, -0.2) is 16.0 Å². The van der Waals surface area contributed by atoms with Crippen molar-refractivity contribution < 1.29 is 0 Å². The van der Waals surface area contributed by atoms with Crippen molar-refractivity contribution >= 4 is 11.6 Å². The van der Waals surface area contributed by atoms with Crippen molar-refractivity contribution in [3.05, 3.63) is 12.4 Å². The molecular weight excluding hydrogens is 176 g/mol. The molecule has 3 N–H and O–H groups in total. The van der Waals surface area contributed by atoms with Gasteiger partial charge in [0.1, 0.15) is 18.0 Å². The van der Waals surface area contributed by atoms with Crippen LogP contribution in [0.5, 0.6) is 0 Å². The van der Waals surface area contributed by atoms with Gasteiger partial charge in [0.2, 0.25) is 0 Å². The lowest BCUT2D eigenvalue weighted by atomic mass is 10.1. The van der Waals surface area contributed by atoms with Gasteiger partial charge in [0.25, 0.3) is 0 Å². The Labute approximate surface area is 83.9 Å². The molecule has 0 bridgehead atoms. The van der Waals surface area contributed by atoms with Gasteiger partial charge >= 0.3 is 0 Å². The first kappa shape index (κ1) is 9.24. The minimum atomic E-state index is 0.469. The highest BCUT2D eigenvalue weighted by molar-refractivity contribution is 5.43. The van der Waals surface area contributed by atoms with E-state index in [1.54, 1.807) is 6.07 Å². The van der Waals surface area contributed by atoms with Gasteiger partial charge in [0.05, 0.1) is 0 Å². The molecule has 1 atom stereocenters. The third kappa shape index (κ3) is 2.58. The quantitative estimate of drug-likeness (QED) is 0.761. The monoisotopic (exact) mass is 192 g/mol. The summed E-state index contributed by atoms with van der Waals surface area (Å²) in [5.74, 6) is 2.27. The first-order valence-corrected chi connectivity index (χ1v) is 5.08. The molecule has 1 saturated carbocycles. The van der Waals surface area contributed by atoms with Gasteiger partial charge in [-0.1, -0.05) is 12.8 Å². The average Bonchev–Trinajstić information content (AvgIpc) is 2.87. The van der Waals surface area contributed by atoms with Crippen LogP contribution in [0.25, 0.3) is 0 Å². The van der Waals surface area contributed by atoms with Crippen LogP contribution in [0.3, 0.4) is 0 Å². The minimum Gasteiger partial charge on any atom is -0.384 e. The summed E-state index contributed by atoms with van der Waals surface area (Å²) in [6.07, 6.45) is 5.49. The Bertz CT molecular complexity index is 309. The number of hydrogen-bond acceptors (Lipinski definition) is 4. The van der Waals surface area contributed by atoms with Crippen molar-refractivity contribution in [1.82, 2.24) is 9.97 Å². The lowest BCUT2D eigenvalue weighted by molar-refractivity contribution is 0.640. The first-order valence-electron chi connectivity index (χ1n) is 5.08. The lowest BCUT2D eigenvalue weighted by Crippen LogP contribution is -2.16. The van der Waals surface area contributed by atoms with E-state index in [2.05, 4.69) is 22.2 Å². The molecule has 1 unspecified atom stereocenters. The van der Waals surface area contributed by atoms with Crippen molar-refractivity contribution in [2.75, 3.05) is 11.1 Å². The van der Waals surface area contributed by atoms with E-state index in [9.17, 15) is 0 Å². The summed E-state index contributed by atoms with van der Waals surface area (Å²) in [5.41, 5.74) is 5.56. The van der Waals surface area contributed by atoms with Crippen LogP contribution >= 0.6 is 0 Å². The van der Waals surface area contributed by atoms with E-state index in [-0.39, 0.29) is 0 Å². The van der Waals surface area contributed by atoms with Gasteiger partial charge in [-0.2, -0.15) is 0 Å². The zero-order valence-corrected chi connectivity index (χ0v) is 8.40. The lowest BCUT2D eigenvalue weighted by Gasteiger charge is -2.13. The highest BCUT2D eigenvalue weighted by atomic mass is 15.0. The molecule has 1 aliphatic carbocycles. The van der Waals surface area contributed by atoms with E-state index < -0.39 is 0 Å². The highest BCUT2D eigenvalue weighted by Crippen LogP contribution is 2.33. The molecule has 1 aromatic rings. The number of aromatic nitrogens is 2. The molecule has 14 heavy (non-hydrogen) atoms. The van der Waals surface area contributed by atoms with E-state index in [0.29, 0.717) is 11.9 Å². The maximum Gasteiger partial charge on any atom is 0.131 e. The third-order valence-electron chi connectivity index (χ3n) is 2.47. The van der Waals surface area contributed by atoms with E-state index in [4.69, 9.17) is 5.73 Å². The number of anilines is 2. The van der Waals surface area contributed by atoms with Gasteiger partial charge in [0, 0.05) is 12.1 Å². The van der Waals surface area contributed by atoms with Crippen LogP contribution in [0.1, 0.15) is 26.2 Å². The SMILES string of the molecule is CC(CC1CC1)Nc1cc(N)ncn1. The molecule has 0 amide bonds. The van der Waals surface area contributed by atoms with Crippen molar-refractivity contribution in [3.8, 4) is 0 Å². The van der Waals surface area contributed by atoms with Crippen molar-refractivity contribution in [1.29, 1.82) is 0 Å². The highest BCUT2D eigenvalue weighted by Gasteiger charge is 2.23. The predicted octanol–water partition coefficient (Wildman–Crippen LogP) is 1.66. The fourth-order valence-electron chi connectivity index (χ4n) is 1.62. The van der Waals surface area contributed by atoms with Gasteiger partial charge in [-0.15, -0.1) is 0 Å². The maximum atomic E-state index is 5.56. The Morgan fingerprint density at radius 1 is 1.57 bits per heavy atom. The summed E-state index contributed by atoms with van der Waals surface area (Å²) in [4.78, 5) is 7.95. The maximum absolute atomic E-state index is 5.56. The Kier molecular flexibility index (Phi) is 2.52. The molecule has 0 spiro atoms. The molecule has 2 rings (SSSR count). The predicted molar refractivity (Wildman–Crippen MR) is 56.9 cm³/mol. The second kappa shape index (κ2) is 3.82. The van der Waals surface area contributed by atoms with Crippen molar-refractivity contribution in [3.63, 3.8) is 0 Å². The summed E-state index contributed by atoms with van der Waals surface area (Å²) in [7, 11) is 0. The Hall–Kier alpha value is -1.32. The molecule has 1 fully saturated rings. The fourth-order valence-corrected chi connectivity index (χ4v) is 1.62. The molecule has 76 valence electrons. The van der Waals surface area contributed by atoms with Crippen LogP contribution in [0.15, 0.2) is 12.4 Å². The summed E-state index contributed by atoms with van der Waals surface area (Å²) < 4.78 is 0. The van der Waals surface area contributed by atoms with E-state index >= 15 is 0 Å². The summed E-state index contributed by atoms with van der Waals surface area (Å²) >= 11 is 0. The molecule has 1 aromatic heterocycles. The number of nitrogens with one attached hydrogen (secondary N) is 1. The molecule has 0 radical (unpaired) electrons. The minimum absolute atomic E-state index is 0.469. The topological polar surface area (TPSA) is 63.8 Å². The van der Waals surface area contributed by atoms with E-state index in [0.717, 1.165) is 11.7 Å². The number of nitrogen functional groups attached to an aromatic ring is 1. The van der Waals surface area contributed by atoms with Crippen molar-refractivity contribution in [2.45, 2.75) is 32.2 Å². The summed E-state index contributed by atoms with van der Waals surface area (Å²) in [5, 5.41) is 3.32. The number of hydrogen-bond donors (Lipinski definition) is 2. The van der Waals surface area contributed by atoms with E-state index in [1.807, 2.05) is 0 Å². The number of rotatable bonds is 4. The fraction of sp³-hybridized carbons (Fsp3) is 0.600. The molecule has 1 heterocycles. The molecule has 4 heteroatoms. The van der Waals surface area contributed by atoms with Crippen LogP contribution in [0, 0.1) is 5.92 Å². The Morgan fingerprint density at radius 3 is 3.00 bits per heavy atom. The molecule has 1 aliphatic rings. The van der Waals surface area contributed by atoms with Gasteiger partial charge < -0.3 is 11.1 Å². The van der Waals surface area contributed by atoms with Crippen LogP contribution in [0.4, 0.5) is 11.6 Å². The zero-order chi connectivity index (χ0) is 9.97. The molecule has 0 saturated heterocycles. The average molecular weight is 192 g/mol. The molecule has 0 aliphatic heterocycles. The second-order valence-electron chi connectivity index (χ2n) is 4.05. The number of nitrogens with two attached hydrogens (primary N) is 1. The van der Waals surface area contributed by atoms with Crippen LogP contribution in [0.2, 0.25) is 0 Å². The molecular formula is C10H16N4.